The Bertz CT molecular complexity index is 634. The van der Waals surface area contributed by atoms with Crippen LogP contribution in [-0.2, 0) is 4.79 Å². The number of likely N-dealkylation sites (N-methyl/N-ethyl adjacent to an activating group) is 1. The highest BCUT2D eigenvalue weighted by molar-refractivity contribution is 5.82. The Hall–Kier alpha value is -2.12. The lowest BCUT2D eigenvalue weighted by molar-refractivity contribution is -0.132. The summed E-state index contributed by atoms with van der Waals surface area (Å²) in [5.41, 5.74) is -0.380. The molecule has 1 heterocycles. The standard InChI is InChI=1S/C9H6F2O.C9H18N2O2.C5H12.4C2H6/c1-2-6-7(5-12)9(11)4-3-8(6)10;1-7(12)8-4-3-5-11(8)9(13)6-10-2;1-3-5-4-2;4*1-2/h2-5H,1H2;7-8,10,12H,3-6H2,1-2H3;3-5H2,1-2H3;4*1-2H3/t;7?,8-;;;;;/m.0...../s1. The molecule has 1 fully saturated rings. The Kier molecular flexibility index (Phi) is 42.0. The Balaban J connectivity index is -0.000000134. The number of rotatable bonds is 7. The average molecular weight is 547 g/mol. The van der Waals surface area contributed by atoms with Crippen LogP contribution in [0, 0.1) is 11.6 Å². The lowest BCUT2D eigenvalue weighted by Gasteiger charge is -2.26. The van der Waals surface area contributed by atoms with Crippen LogP contribution in [0.15, 0.2) is 18.7 Å². The van der Waals surface area contributed by atoms with Crippen molar-refractivity contribution in [3.63, 3.8) is 0 Å². The summed E-state index contributed by atoms with van der Waals surface area (Å²) >= 11 is 0. The Morgan fingerprint density at radius 3 is 1.79 bits per heavy atom. The quantitative estimate of drug-likeness (QED) is 0.338. The maximum atomic E-state index is 12.8. The molecule has 226 valence electrons. The highest BCUT2D eigenvalue weighted by atomic mass is 19.1. The number of unbranched alkanes of at least 4 members (excludes halogenated alkanes) is 2. The van der Waals surface area contributed by atoms with Crippen molar-refractivity contribution >= 4 is 18.3 Å². The van der Waals surface area contributed by atoms with Gasteiger partial charge < -0.3 is 15.3 Å². The van der Waals surface area contributed by atoms with E-state index < -0.39 is 17.7 Å². The summed E-state index contributed by atoms with van der Waals surface area (Å²) in [5.74, 6) is -1.29. The van der Waals surface area contributed by atoms with Crippen LogP contribution >= 0.6 is 0 Å². The van der Waals surface area contributed by atoms with Gasteiger partial charge in [-0.15, -0.1) is 0 Å². The van der Waals surface area contributed by atoms with Gasteiger partial charge in [-0.3, -0.25) is 9.59 Å². The van der Waals surface area contributed by atoms with E-state index in [1.54, 1.807) is 18.9 Å². The summed E-state index contributed by atoms with van der Waals surface area (Å²) in [5, 5.41) is 12.3. The maximum absolute atomic E-state index is 12.8. The number of halogens is 2. The summed E-state index contributed by atoms with van der Waals surface area (Å²) in [4.78, 5) is 23.6. The van der Waals surface area contributed by atoms with E-state index in [1.807, 2.05) is 55.4 Å². The molecular weight excluding hydrogens is 486 g/mol. The zero-order valence-electron chi connectivity index (χ0n) is 26.6. The molecule has 0 bridgehead atoms. The minimum Gasteiger partial charge on any atom is -0.391 e. The number of nitrogens with zero attached hydrogens (tertiary/aromatic N) is 1. The smallest absolute Gasteiger partial charge is 0.236 e. The Morgan fingerprint density at radius 1 is 1.05 bits per heavy atom. The van der Waals surface area contributed by atoms with Gasteiger partial charge in [-0.05, 0) is 38.9 Å². The van der Waals surface area contributed by atoms with E-state index in [0.717, 1.165) is 37.6 Å². The zero-order chi connectivity index (χ0) is 31.1. The van der Waals surface area contributed by atoms with E-state index in [0.29, 0.717) is 6.54 Å². The molecule has 1 saturated heterocycles. The molecule has 0 saturated carbocycles. The molecule has 0 spiro atoms. The van der Waals surface area contributed by atoms with Crippen molar-refractivity contribution < 1.29 is 23.5 Å². The van der Waals surface area contributed by atoms with Gasteiger partial charge in [-0.1, -0.05) is 101 Å². The first-order chi connectivity index (χ1) is 18.3. The van der Waals surface area contributed by atoms with Gasteiger partial charge in [0.2, 0.25) is 5.91 Å². The second-order valence-corrected chi connectivity index (χ2v) is 7.10. The summed E-state index contributed by atoms with van der Waals surface area (Å²) < 4.78 is 25.6. The monoisotopic (exact) mass is 546 g/mol. The van der Waals surface area contributed by atoms with Gasteiger partial charge in [0.15, 0.2) is 6.29 Å². The molecule has 1 aliphatic heterocycles. The minimum absolute atomic E-state index is 0.0286. The minimum atomic E-state index is -0.735. The van der Waals surface area contributed by atoms with E-state index in [9.17, 15) is 23.5 Å². The molecule has 2 N–H and O–H groups in total. The van der Waals surface area contributed by atoms with Crippen molar-refractivity contribution in [2.24, 2.45) is 0 Å². The molecule has 0 radical (unpaired) electrons. The molecule has 7 heteroatoms. The summed E-state index contributed by atoms with van der Waals surface area (Å²) in [7, 11) is 1.76. The Labute approximate surface area is 234 Å². The number of hydrogen-bond acceptors (Lipinski definition) is 4. The fraction of sp³-hybridized carbons (Fsp3) is 0.677. The van der Waals surface area contributed by atoms with Gasteiger partial charge in [0, 0.05) is 12.1 Å². The first-order valence-corrected chi connectivity index (χ1v) is 14.5. The summed E-state index contributed by atoms with van der Waals surface area (Å²) in [6, 6.07) is 1.90. The van der Waals surface area contributed by atoms with E-state index in [-0.39, 0.29) is 29.4 Å². The van der Waals surface area contributed by atoms with E-state index in [4.69, 9.17) is 0 Å². The van der Waals surface area contributed by atoms with Crippen molar-refractivity contribution in [1.29, 1.82) is 0 Å². The SMILES string of the molecule is C=Cc1c(F)ccc(F)c1C=O.CC.CC.CC.CC.CCCCC.CNCC(=O)N1CCC[C@H]1C(C)O. The molecule has 2 rings (SSSR count). The van der Waals surface area contributed by atoms with Crippen LogP contribution < -0.4 is 5.32 Å². The third-order valence-electron chi connectivity index (χ3n) is 4.71. The van der Waals surface area contributed by atoms with Gasteiger partial charge in [-0.2, -0.15) is 0 Å². The van der Waals surface area contributed by atoms with Crippen LogP contribution in [-0.4, -0.2) is 54.5 Å². The first-order valence-electron chi connectivity index (χ1n) is 14.5. The topological polar surface area (TPSA) is 69.6 Å². The summed E-state index contributed by atoms with van der Waals surface area (Å²) in [6.45, 7) is 26.6. The number of aldehydes is 1. The molecule has 1 aromatic rings. The fourth-order valence-corrected chi connectivity index (χ4v) is 3.12. The van der Waals surface area contributed by atoms with Crippen LogP contribution in [0.2, 0.25) is 0 Å². The maximum Gasteiger partial charge on any atom is 0.236 e. The van der Waals surface area contributed by atoms with Crippen molar-refractivity contribution in [1.82, 2.24) is 10.2 Å². The number of benzene rings is 1. The Morgan fingerprint density at radius 2 is 1.50 bits per heavy atom. The molecule has 2 atom stereocenters. The van der Waals surface area contributed by atoms with Crippen molar-refractivity contribution in [3.8, 4) is 0 Å². The third-order valence-corrected chi connectivity index (χ3v) is 4.71. The summed E-state index contributed by atoms with van der Waals surface area (Å²) in [6.07, 6.45) is 6.98. The van der Waals surface area contributed by atoms with Crippen LogP contribution in [0.25, 0.3) is 6.08 Å². The normalized spacial score (nSPS) is 13.2. The van der Waals surface area contributed by atoms with Crippen LogP contribution in [0.4, 0.5) is 8.78 Å². The molecule has 5 nitrogen and oxygen atoms in total. The lowest BCUT2D eigenvalue weighted by atomic mass is 10.1. The lowest BCUT2D eigenvalue weighted by Crippen LogP contribution is -2.44. The number of aliphatic hydroxyl groups excluding tert-OH is 1. The zero-order valence-corrected chi connectivity index (χ0v) is 26.6. The highest BCUT2D eigenvalue weighted by Gasteiger charge is 2.31. The van der Waals surface area contributed by atoms with Crippen LogP contribution in [0.5, 0.6) is 0 Å². The number of hydrogen-bond donors (Lipinski definition) is 2. The predicted octanol–water partition coefficient (Wildman–Crippen LogP) is 8.30. The van der Waals surface area contributed by atoms with Gasteiger partial charge in [-0.25, -0.2) is 8.78 Å². The number of carbonyl (C=O) groups is 2. The molecule has 1 aliphatic rings. The van der Waals surface area contributed by atoms with E-state index in [1.165, 1.54) is 19.3 Å². The molecule has 0 aliphatic carbocycles. The van der Waals surface area contributed by atoms with Crippen molar-refractivity contribution in [2.75, 3.05) is 20.1 Å². The van der Waals surface area contributed by atoms with E-state index in [2.05, 4.69) is 25.7 Å². The molecule has 0 aromatic heterocycles. The second-order valence-electron chi connectivity index (χ2n) is 7.10. The predicted molar refractivity (Wildman–Crippen MR) is 163 cm³/mol. The number of likely N-dealkylation sites (tertiary alicyclic amines) is 1. The second kappa shape index (κ2) is 34.9. The largest absolute Gasteiger partial charge is 0.391 e. The van der Waals surface area contributed by atoms with Crippen molar-refractivity contribution in [3.05, 3.63) is 41.5 Å². The molecule has 38 heavy (non-hydrogen) atoms. The van der Waals surface area contributed by atoms with E-state index >= 15 is 0 Å². The number of carbonyl (C=O) groups excluding carboxylic acids is 2. The number of amides is 1. The van der Waals surface area contributed by atoms with Crippen LogP contribution in [0.3, 0.4) is 0 Å². The average Bonchev–Trinajstić information content (AvgIpc) is 3.46. The highest BCUT2D eigenvalue weighted by Crippen LogP contribution is 2.20. The molecule has 1 aromatic carbocycles. The number of nitrogens with one attached hydrogen (secondary N) is 1. The first kappa shape index (κ1) is 45.8. The molecule has 1 unspecified atom stereocenters. The molecular formula is C31H60F2N2O3. The van der Waals surface area contributed by atoms with Gasteiger partial charge in [0.05, 0.1) is 24.3 Å². The van der Waals surface area contributed by atoms with Crippen molar-refractivity contribution in [2.45, 2.75) is 120 Å². The van der Waals surface area contributed by atoms with Gasteiger partial charge >= 0.3 is 0 Å². The molecule has 1 amide bonds. The number of aliphatic hydroxyl groups is 1. The van der Waals surface area contributed by atoms with Gasteiger partial charge in [0.1, 0.15) is 11.6 Å². The van der Waals surface area contributed by atoms with Crippen LogP contribution in [0.1, 0.15) is 124 Å². The fourth-order valence-electron chi connectivity index (χ4n) is 3.12. The third kappa shape index (κ3) is 20.9. The van der Waals surface area contributed by atoms with Gasteiger partial charge in [0.25, 0.3) is 0 Å².